The van der Waals surface area contributed by atoms with Crippen LogP contribution in [0.4, 0.5) is 0 Å². The summed E-state index contributed by atoms with van der Waals surface area (Å²) in [6.45, 7) is 2.91. The van der Waals surface area contributed by atoms with E-state index in [0.29, 0.717) is 30.0 Å². The Balaban J connectivity index is 1.44. The number of hydrogen-bond donors (Lipinski definition) is 2. The molecular weight excluding hydrogens is 340 g/mol. The van der Waals surface area contributed by atoms with Gasteiger partial charge in [-0.05, 0) is 50.1 Å². The number of benzene rings is 1. The highest BCUT2D eigenvalue weighted by molar-refractivity contribution is 5.59. The SMILES string of the molecule is C[C@H](O)c1nccn1Cc1cc(-c2ccc(C#C[C@@H]3C[C@H]3CN)cc2)on1. The van der Waals surface area contributed by atoms with Gasteiger partial charge in [0.1, 0.15) is 17.6 Å². The predicted octanol–water partition coefficient (Wildman–Crippen LogP) is 2.59. The largest absolute Gasteiger partial charge is 0.385 e. The Labute approximate surface area is 158 Å². The van der Waals surface area contributed by atoms with Crippen molar-refractivity contribution in [1.29, 1.82) is 0 Å². The molecule has 2 heterocycles. The highest BCUT2D eigenvalue weighted by atomic mass is 16.5. The molecule has 1 aliphatic carbocycles. The van der Waals surface area contributed by atoms with E-state index < -0.39 is 6.10 Å². The number of nitrogens with zero attached hydrogens (tertiary/aromatic N) is 3. The van der Waals surface area contributed by atoms with E-state index in [4.69, 9.17) is 10.3 Å². The third kappa shape index (κ3) is 3.95. The molecule has 0 radical (unpaired) electrons. The molecule has 0 amide bonds. The van der Waals surface area contributed by atoms with E-state index >= 15 is 0 Å². The average Bonchev–Trinajstić information content (AvgIpc) is 3.03. The van der Waals surface area contributed by atoms with E-state index in [1.807, 2.05) is 41.1 Å². The summed E-state index contributed by atoms with van der Waals surface area (Å²) in [7, 11) is 0. The first-order valence-corrected chi connectivity index (χ1v) is 9.10. The van der Waals surface area contributed by atoms with Gasteiger partial charge in [-0.3, -0.25) is 0 Å². The van der Waals surface area contributed by atoms with Gasteiger partial charge in [0.05, 0.1) is 6.54 Å². The minimum absolute atomic E-state index is 0.459. The van der Waals surface area contributed by atoms with Crippen molar-refractivity contribution in [2.45, 2.75) is 26.0 Å². The van der Waals surface area contributed by atoms with Crippen molar-refractivity contribution in [1.82, 2.24) is 14.7 Å². The summed E-state index contributed by atoms with van der Waals surface area (Å²) in [5.41, 5.74) is 8.35. The Morgan fingerprint density at radius 3 is 2.89 bits per heavy atom. The van der Waals surface area contributed by atoms with Gasteiger partial charge in [-0.15, -0.1) is 0 Å². The van der Waals surface area contributed by atoms with Crippen LogP contribution in [-0.4, -0.2) is 26.4 Å². The minimum atomic E-state index is -0.629. The van der Waals surface area contributed by atoms with Gasteiger partial charge in [-0.2, -0.15) is 0 Å². The van der Waals surface area contributed by atoms with Gasteiger partial charge in [0.15, 0.2) is 5.76 Å². The second-order valence-corrected chi connectivity index (χ2v) is 6.96. The zero-order valence-corrected chi connectivity index (χ0v) is 15.2. The number of hydrogen-bond acceptors (Lipinski definition) is 5. The third-order valence-corrected chi connectivity index (χ3v) is 4.81. The lowest BCUT2D eigenvalue weighted by atomic mass is 10.1. The van der Waals surface area contributed by atoms with Crippen LogP contribution >= 0.6 is 0 Å². The van der Waals surface area contributed by atoms with E-state index in [0.717, 1.165) is 29.8 Å². The van der Waals surface area contributed by atoms with Crippen LogP contribution in [0.15, 0.2) is 47.2 Å². The first kappa shape index (κ1) is 17.5. The van der Waals surface area contributed by atoms with E-state index in [1.165, 1.54) is 0 Å². The number of aliphatic hydroxyl groups is 1. The standard InChI is InChI=1S/C21H22N4O2/c1-14(26)21-23-8-9-25(21)13-19-11-20(27-24-19)16-5-2-15(3-6-16)4-7-17-10-18(17)12-22/h2-3,5-6,8-9,11,14,17-18,26H,10,12-13,22H2,1H3/t14-,17+,18-/m0/s1. The van der Waals surface area contributed by atoms with Crippen molar-refractivity contribution < 1.29 is 9.63 Å². The maximum atomic E-state index is 9.75. The molecule has 2 aromatic heterocycles. The van der Waals surface area contributed by atoms with E-state index in [1.54, 1.807) is 13.1 Å². The molecule has 3 aromatic rings. The molecule has 1 fully saturated rings. The summed E-state index contributed by atoms with van der Waals surface area (Å²) in [5, 5.41) is 13.9. The molecule has 6 nitrogen and oxygen atoms in total. The predicted molar refractivity (Wildman–Crippen MR) is 101 cm³/mol. The van der Waals surface area contributed by atoms with Gasteiger partial charge in [0.25, 0.3) is 0 Å². The highest BCUT2D eigenvalue weighted by Crippen LogP contribution is 2.36. The first-order valence-electron chi connectivity index (χ1n) is 9.10. The smallest absolute Gasteiger partial charge is 0.167 e. The van der Waals surface area contributed by atoms with Crippen LogP contribution in [0.2, 0.25) is 0 Å². The lowest BCUT2D eigenvalue weighted by Gasteiger charge is -2.07. The Hall–Kier alpha value is -2.88. The van der Waals surface area contributed by atoms with Crippen LogP contribution in [0.1, 0.15) is 36.5 Å². The Bertz CT molecular complexity index is 976. The molecule has 1 saturated carbocycles. The molecule has 0 bridgehead atoms. The zero-order valence-electron chi connectivity index (χ0n) is 15.2. The molecular formula is C21H22N4O2. The van der Waals surface area contributed by atoms with Crippen molar-refractivity contribution in [3.05, 3.63) is 59.8 Å². The van der Waals surface area contributed by atoms with Crippen LogP contribution in [-0.2, 0) is 6.54 Å². The maximum absolute atomic E-state index is 9.75. The van der Waals surface area contributed by atoms with Gasteiger partial charge in [-0.1, -0.05) is 17.0 Å². The molecule has 138 valence electrons. The second kappa shape index (κ2) is 7.39. The third-order valence-electron chi connectivity index (χ3n) is 4.81. The second-order valence-electron chi connectivity index (χ2n) is 6.96. The Morgan fingerprint density at radius 2 is 2.19 bits per heavy atom. The van der Waals surface area contributed by atoms with Crippen molar-refractivity contribution >= 4 is 0 Å². The van der Waals surface area contributed by atoms with Crippen LogP contribution in [0.5, 0.6) is 0 Å². The highest BCUT2D eigenvalue weighted by Gasteiger charge is 2.33. The Kier molecular flexibility index (Phi) is 4.80. The Morgan fingerprint density at radius 1 is 1.37 bits per heavy atom. The summed E-state index contributed by atoms with van der Waals surface area (Å²) in [6.07, 6.45) is 3.98. The maximum Gasteiger partial charge on any atom is 0.167 e. The van der Waals surface area contributed by atoms with Crippen LogP contribution < -0.4 is 5.73 Å². The fraction of sp³-hybridized carbons (Fsp3) is 0.333. The van der Waals surface area contributed by atoms with Crippen LogP contribution in [0, 0.1) is 23.7 Å². The van der Waals surface area contributed by atoms with Gasteiger partial charge in [0.2, 0.25) is 0 Å². The zero-order chi connectivity index (χ0) is 18.8. The topological polar surface area (TPSA) is 90.1 Å². The van der Waals surface area contributed by atoms with Gasteiger partial charge < -0.3 is 19.9 Å². The van der Waals surface area contributed by atoms with E-state index in [-0.39, 0.29) is 0 Å². The fourth-order valence-electron chi connectivity index (χ4n) is 3.10. The molecule has 0 aliphatic heterocycles. The van der Waals surface area contributed by atoms with Crippen molar-refractivity contribution in [3.8, 4) is 23.2 Å². The number of rotatable bonds is 5. The van der Waals surface area contributed by atoms with E-state index in [9.17, 15) is 5.11 Å². The lowest BCUT2D eigenvalue weighted by molar-refractivity contribution is 0.184. The number of aliphatic hydroxyl groups excluding tert-OH is 1. The normalized spacial score (nSPS) is 19.4. The molecule has 3 atom stereocenters. The molecule has 0 unspecified atom stereocenters. The van der Waals surface area contributed by atoms with Crippen molar-refractivity contribution in [3.63, 3.8) is 0 Å². The van der Waals surface area contributed by atoms with Gasteiger partial charge >= 0.3 is 0 Å². The molecule has 3 N–H and O–H groups in total. The number of nitrogens with two attached hydrogens (primary N) is 1. The quantitative estimate of drug-likeness (QED) is 0.681. The van der Waals surface area contributed by atoms with Crippen LogP contribution in [0.3, 0.4) is 0 Å². The molecule has 1 aromatic carbocycles. The first-order chi connectivity index (χ1) is 13.1. The number of imidazole rings is 1. The number of aromatic nitrogens is 3. The monoisotopic (exact) mass is 362 g/mol. The molecule has 0 saturated heterocycles. The van der Waals surface area contributed by atoms with E-state index in [2.05, 4.69) is 22.0 Å². The summed E-state index contributed by atoms with van der Waals surface area (Å²) < 4.78 is 7.34. The van der Waals surface area contributed by atoms with Crippen molar-refractivity contribution in [2.24, 2.45) is 17.6 Å². The molecule has 6 heteroatoms. The molecule has 27 heavy (non-hydrogen) atoms. The summed E-state index contributed by atoms with van der Waals surface area (Å²) in [6, 6.07) is 9.86. The van der Waals surface area contributed by atoms with Gasteiger partial charge in [0, 0.05) is 35.5 Å². The summed E-state index contributed by atoms with van der Waals surface area (Å²) in [5.74, 6) is 8.84. The molecule has 0 spiro atoms. The summed E-state index contributed by atoms with van der Waals surface area (Å²) in [4.78, 5) is 4.17. The lowest BCUT2D eigenvalue weighted by Crippen LogP contribution is -2.07. The fourth-order valence-corrected chi connectivity index (χ4v) is 3.10. The molecule has 4 rings (SSSR count). The minimum Gasteiger partial charge on any atom is -0.385 e. The van der Waals surface area contributed by atoms with Gasteiger partial charge in [-0.25, -0.2) is 4.98 Å². The summed E-state index contributed by atoms with van der Waals surface area (Å²) >= 11 is 0. The van der Waals surface area contributed by atoms with Crippen LogP contribution in [0.25, 0.3) is 11.3 Å². The average molecular weight is 362 g/mol. The van der Waals surface area contributed by atoms with Crippen molar-refractivity contribution in [2.75, 3.05) is 6.54 Å². The molecule has 1 aliphatic rings.